The van der Waals surface area contributed by atoms with E-state index in [0.717, 1.165) is 25.6 Å². The van der Waals surface area contributed by atoms with E-state index < -0.39 is 0 Å². The number of hydrogen-bond acceptors (Lipinski definition) is 4. The first-order valence-electron chi connectivity index (χ1n) is 10.4. The van der Waals surface area contributed by atoms with Crippen LogP contribution in [0.2, 0.25) is 0 Å². The lowest BCUT2D eigenvalue weighted by molar-refractivity contribution is 0.0670. The zero-order chi connectivity index (χ0) is 19.1. The minimum absolute atomic E-state index is 0. The molecule has 1 aliphatic carbocycles. The second-order valence-corrected chi connectivity index (χ2v) is 9.16. The Kier molecular flexibility index (Phi) is 9.89. The average molecular weight is 521 g/mol. The summed E-state index contributed by atoms with van der Waals surface area (Å²) in [6, 6.07) is 0. The molecule has 8 heteroatoms. The predicted molar refractivity (Wildman–Crippen MR) is 131 cm³/mol. The molecule has 2 aliphatic rings. The molecule has 28 heavy (non-hydrogen) atoms. The molecular weight excluding hydrogens is 483 g/mol. The van der Waals surface area contributed by atoms with Gasteiger partial charge in [0, 0.05) is 69.1 Å². The lowest BCUT2D eigenvalue weighted by Gasteiger charge is -2.47. The van der Waals surface area contributed by atoms with Crippen LogP contribution < -0.4 is 5.32 Å². The van der Waals surface area contributed by atoms with E-state index in [0.29, 0.717) is 0 Å². The summed E-state index contributed by atoms with van der Waals surface area (Å²) in [4.78, 5) is 10.1. The fraction of sp³-hybridized carbons (Fsp3) is 0.800. The molecule has 3 rings (SSSR count). The van der Waals surface area contributed by atoms with Gasteiger partial charge in [-0.3, -0.25) is 14.6 Å². The summed E-state index contributed by atoms with van der Waals surface area (Å²) in [7, 11) is 4.09. The maximum Gasteiger partial charge on any atom is 0.194 e. The van der Waals surface area contributed by atoms with Gasteiger partial charge in [0.05, 0.1) is 12.7 Å². The molecule has 0 aromatic carbocycles. The number of aliphatic imine (C=N–C) groups is 1. The van der Waals surface area contributed by atoms with Crippen LogP contribution in [-0.4, -0.2) is 75.8 Å². The molecule has 2 heterocycles. The summed E-state index contributed by atoms with van der Waals surface area (Å²) >= 11 is 2.10. The Hall–Kier alpha value is -0.480. The van der Waals surface area contributed by atoms with Crippen LogP contribution in [-0.2, 0) is 13.6 Å². The van der Waals surface area contributed by atoms with Gasteiger partial charge >= 0.3 is 0 Å². The monoisotopic (exact) mass is 520 g/mol. The van der Waals surface area contributed by atoms with Crippen LogP contribution in [0.5, 0.6) is 0 Å². The Labute approximate surface area is 191 Å². The largest absolute Gasteiger partial charge is 0.357 e. The van der Waals surface area contributed by atoms with Crippen LogP contribution in [0.4, 0.5) is 0 Å². The second-order valence-electron chi connectivity index (χ2n) is 7.93. The first-order chi connectivity index (χ1) is 13.1. The van der Waals surface area contributed by atoms with Crippen molar-refractivity contribution in [3.63, 3.8) is 0 Å². The summed E-state index contributed by atoms with van der Waals surface area (Å²) in [6.45, 7) is 7.23. The van der Waals surface area contributed by atoms with Gasteiger partial charge < -0.3 is 10.2 Å². The van der Waals surface area contributed by atoms with Crippen LogP contribution in [0.15, 0.2) is 17.4 Å². The quantitative estimate of drug-likeness (QED) is 0.355. The van der Waals surface area contributed by atoms with Crippen molar-refractivity contribution in [3.8, 4) is 0 Å². The molecule has 6 nitrogen and oxygen atoms in total. The summed E-state index contributed by atoms with van der Waals surface area (Å²) in [5.74, 6) is 3.55. The summed E-state index contributed by atoms with van der Waals surface area (Å²) in [6.07, 6.45) is 10.7. The molecule has 0 amide bonds. The van der Waals surface area contributed by atoms with Crippen LogP contribution in [0.1, 0.15) is 44.6 Å². The number of aromatic nitrogens is 2. The first-order valence-corrected chi connectivity index (χ1v) is 11.6. The van der Waals surface area contributed by atoms with Crippen molar-refractivity contribution in [3.05, 3.63) is 18.0 Å². The minimum Gasteiger partial charge on any atom is -0.357 e. The van der Waals surface area contributed by atoms with Gasteiger partial charge in [-0.1, -0.05) is 19.3 Å². The minimum atomic E-state index is 0. The standard InChI is InChI=1S/C20H36N6S.HI/c1-4-21-19(24(2)15-18-14-23-25(3)16-18)22-17-20(8-6-5-7-9-20)26-10-12-27-13-11-26;/h14,16H,4-13,15,17H2,1-3H3,(H,21,22);1H. The average Bonchev–Trinajstić information content (AvgIpc) is 3.11. The van der Waals surface area contributed by atoms with Gasteiger partial charge in [0.2, 0.25) is 0 Å². The fourth-order valence-corrected chi connectivity index (χ4v) is 5.32. The second kappa shape index (κ2) is 11.6. The maximum absolute atomic E-state index is 5.14. The number of halogens is 1. The Morgan fingerprint density at radius 1 is 1.29 bits per heavy atom. The smallest absolute Gasteiger partial charge is 0.194 e. The van der Waals surface area contributed by atoms with Gasteiger partial charge in [-0.2, -0.15) is 16.9 Å². The van der Waals surface area contributed by atoms with E-state index in [4.69, 9.17) is 4.99 Å². The summed E-state index contributed by atoms with van der Waals surface area (Å²) in [5.41, 5.74) is 1.49. The van der Waals surface area contributed by atoms with E-state index in [1.165, 1.54) is 62.3 Å². The zero-order valence-corrected chi connectivity index (χ0v) is 20.8. The topological polar surface area (TPSA) is 48.7 Å². The number of hydrogen-bond donors (Lipinski definition) is 1. The Bertz CT molecular complexity index is 608. The highest BCUT2D eigenvalue weighted by Gasteiger charge is 2.38. The summed E-state index contributed by atoms with van der Waals surface area (Å²) in [5, 5.41) is 7.78. The third kappa shape index (κ3) is 6.26. The molecule has 2 fully saturated rings. The highest BCUT2D eigenvalue weighted by molar-refractivity contribution is 14.0. The molecule has 1 aromatic heterocycles. The van der Waals surface area contributed by atoms with Crippen molar-refractivity contribution in [2.75, 3.05) is 44.7 Å². The Morgan fingerprint density at radius 2 is 2.00 bits per heavy atom. The van der Waals surface area contributed by atoms with Crippen molar-refractivity contribution >= 4 is 41.7 Å². The molecule has 0 bridgehead atoms. The zero-order valence-electron chi connectivity index (χ0n) is 17.7. The normalized spacial score (nSPS) is 20.5. The molecule has 0 radical (unpaired) electrons. The van der Waals surface area contributed by atoms with E-state index in [1.807, 2.05) is 17.9 Å². The van der Waals surface area contributed by atoms with E-state index in [2.05, 4.69) is 52.1 Å². The summed E-state index contributed by atoms with van der Waals surface area (Å²) < 4.78 is 1.86. The molecule has 0 atom stereocenters. The maximum atomic E-state index is 5.14. The highest BCUT2D eigenvalue weighted by Crippen LogP contribution is 2.35. The number of thioether (sulfide) groups is 1. The predicted octanol–water partition coefficient (Wildman–Crippen LogP) is 3.19. The third-order valence-corrected chi connectivity index (χ3v) is 6.81. The van der Waals surface area contributed by atoms with Crippen molar-refractivity contribution in [2.45, 2.75) is 51.1 Å². The molecule has 1 aromatic rings. The molecule has 1 saturated heterocycles. The van der Waals surface area contributed by atoms with Gasteiger partial charge in [-0.05, 0) is 19.8 Å². The number of rotatable bonds is 6. The molecule has 1 N–H and O–H groups in total. The highest BCUT2D eigenvalue weighted by atomic mass is 127. The SMILES string of the molecule is CCNC(=NCC1(N2CCSCC2)CCCCC1)N(C)Cc1cnn(C)c1.I. The Morgan fingerprint density at radius 3 is 2.61 bits per heavy atom. The Balaban J connectivity index is 0.00000280. The number of nitrogens with one attached hydrogen (secondary N) is 1. The van der Waals surface area contributed by atoms with Crippen molar-refractivity contribution < 1.29 is 0 Å². The lowest BCUT2D eigenvalue weighted by Crippen LogP contribution is -2.55. The van der Waals surface area contributed by atoms with Gasteiger partial charge in [0.15, 0.2) is 5.96 Å². The third-order valence-electron chi connectivity index (χ3n) is 5.86. The van der Waals surface area contributed by atoms with Crippen LogP contribution in [0, 0.1) is 0 Å². The molecule has 1 saturated carbocycles. The number of nitrogens with zero attached hydrogens (tertiary/aromatic N) is 5. The number of guanidine groups is 1. The van der Waals surface area contributed by atoms with Crippen molar-refractivity contribution in [1.29, 1.82) is 0 Å². The van der Waals surface area contributed by atoms with Crippen LogP contribution in [0.25, 0.3) is 0 Å². The van der Waals surface area contributed by atoms with Gasteiger partial charge in [-0.25, -0.2) is 0 Å². The van der Waals surface area contributed by atoms with Crippen molar-refractivity contribution in [2.24, 2.45) is 12.0 Å². The lowest BCUT2D eigenvalue weighted by atomic mass is 9.80. The molecular formula is C20H37IN6S. The van der Waals surface area contributed by atoms with Crippen LogP contribution in [0.3, 0.4) is 0 Å². The van der Waals surface area contributed by atoms with Gasteiger partial charge in [-0.15, -0.1) is 24.0 Å². The van der Waals surface area contributed by atoms with E-state index >= 15 is 0 Å². The van der Waals surface area contributed by atoms with Crippen LogP contribution >= 0.6 is 35.7 Å². The van der Waals surface area contributed by atoms with E-state index in [-0.39, 0.29) is 29.5 Å². The van der Waals surface area contributed by atoms with Gasteiger partial charge in [0.1, 0.15) is 0 Å². The molecule has 160 valence electrons. The van der Waals surface area contributed by atoms with Gasteiger partial charge in [0.25, 0.3) is 0 Å². The fourth-order valence-electron chi connectivity index (χ4n) is 4.42. The first kappa shape index (κ1) is 23.8. The molecule has 0 unspecified atom stereocenters. The molecule has 1 aliphatic heterocycles. The van der Waals surface area contributed by atoms with E-state index in [9.17, 15) is 0 Å². The van der Waals surface area contributed by atoms with Crippen molar-refractivity contribution in [1.82, 2.24) is 24.9 Å². The molecule has 0 spiro atoms. The van der Waals surface area contributed by atoms with E-state index in [1.54, 1.807) is 0 Å². The number of aryl methyl sites for hydroxylation is 1.